The number of benzene rings is 2. The third-order valence-corrected chi connectivity index (χ3v) is 4.20. The van der Waals surface area contributed by atoms with Crippen molar-refractivity contribution in [3.63, 3.8) is 0 Å². The molecule has 3 aromatic rings. The molecular weight excluding hydrogens is 386 g/mol. The summed E-state index contributed by atoms with van der Waals surface area (Å²) >= 11 is 0. The SMILES string of the molecule is Cc1c(OC(=O)CNC(=O)OC(C)(C)C)ccc2c(-c3ccccc3)cc(=O)oc12. The van der Waals surface area contributed by atoms with Crippen LogP contribution in [0.1, 0.15) is 26.3 Å². The molecule has 0 fully saturated rings. The quantitative estimate of drug-likeness (QED) is 0.394. The van der Waals surface area contributed by atoms with Gasteiger partial charge in [-0.25, -0.2) is 14.4 Å². The van der Waals surface area contributed by atoms with Crippen LogP contribution in [0.25, 0.3) is 22.1 Å². The lowest BCUT2D eigenvalue weighted by atomic mass is 10.0. The van der Waals surface area contributed by atoms with E-state index in [-0.39, 0.29) is 12.3 Å². The van der Waals surface area contributed by atoms with E-state index in [0.29, 0.717) is 11.1 Å². The van der Waals surface area contributed by atoms with Crippen LogP contribution in [-0.2, 0) is 9.53 Å². The topological polar surface area (TPSA) is 94.8 Å². The molecule has 0 spiro atoms. The predicted molar refractivity (Wildman–Crippen MR) is 113 cm³/mol. The van der Waals surface area contributed by atoms with E-state index in [0.717, 1.165) is 16.5 Å². The van der Waals surface area contributed by atoms with Gasteiger partial charge in [0.15, 0.2) is 0 Å². The van der Waals surface area contributed by atoms with Crippen molar-refractivity contribution in [3.05, 3.63) is 64.5 Å². The van der Waals surface area contributed by atoms with Crippen molar-refractivity contribution in [2.24, 2.45) is 0 Å². The molecule has 156 valence electrons. The highest BCUT2D eigenvalue weighted by Crippen LogP contribution is 2.33. The van der Waals surface area contributed by atoms with Crippen LogP contribution in [0.3, 0.4) is 0 Å². The van der Waals surface area contributed by atoms with E-state index in [1.807, 2.05) is 30.3 Å². The van der Waals surface area contributed by atoms with Gasteiger partial charge in [-0.2, -0.15) is 0 Å². The monoisotopic (exact) mass is 409 g/mol. The highest BCUT2D eigenvalue weighted by Gasteiger charge is 2.18. The average molecular weight is 409 g/mol. The minimum atomic E-state index is -0.715. The number of carbonyl (C=O) groups is 2. The molecule has 0 bridgehead atoms. The largest absolute Gasteiger partial charge is 0.444 e. The summed E-state index contributed by atoms with van der Waals surface area (Å²) in [6, 6.07) is 14.3. The van der Waals surface area contributed by atoms with Crippen LogP contribution in [0.5, 0.6) is 5.75 Å². The minimum absolute atomic E-state index is 0.242. The maximum absolute atomic E-state index is 12.1. The fraction of sp³-hybridized carbons (Fsp3) is 0.261. The molecule has 1 amide bonds. The van der Waals surface area contributed by atoms with Crippen LogP contribution >= 0.6 is 0 Å². The first-order chi connectivity index (χ1) is 14.1. The van der Waals surface area contributed by atoms with Crippen LogP contribution in [0, 0.1) is 6.92 Å². The highest BCUT2D eigenvalue weighted by molar-refractivity contribution is 5.96. The Kier molecular flexibility index (Phi) is 5.91. The van der Waals surface area contributed by atoms with E-state index in [1.165, 1.54) is 6.07 Å². The lowest BCUT2D eigenvalue weighted by Crippen LogP contribution is -2.36. The van der Waals surface area contributed by atoms with Gasteiger partial charge in [0.2, 0.25) is 0 Å². The first-order valence-electron chi connectivity index (χ1n) is 9.44. The average Bonchev–Trinajstić information content (AvgIpc) is 2.68. The van der Waals surface area contributed by atoms with E-state index in [2.05, 4.69) is 5.32 Å². The molecule has 0 aliphatic carbocycles. The Hall–Kier alpha value is -3.61. The number of ether oxygens (including phenoxy) is 2. The molecule has 0 unspecified atom stereocenters. The van der Waals surface area contributed by atoms with Gasteiger partial charge in [0, 0.05) is 17.0 Å². The summed E-state index contributed by atoms with van der Waals surface area (Å²) in [6.07, 6.45) is -0.715. The predicted octanol–water partition coefficient (Wildman–Crippen LogP) is 4.20. The summed E-state index contributed by atoms with van der Waals surface area (Å²) in [5, 5.41) is 3.07. The number of hydrogen-bond donors (Lipinski definition) is 1. The first kappa shape index (κ1) is 21.1. The van der Waals surface area contributed by atoms with Gasteiger partial charge in [-0.1, -0.05) is 30.3 Å². The lowest BCUT2D eigenvalue weighted by molar-refractivity contribution is -0.133. The van der Waals surface area contributed by atoms with Gasteiger partial charge in [-0.05, 0) is 51.0 Å². The molecule has 0 aliphatic heterocycles. The van der Waals surface area contributed by atoms with Crippen molar-refractivity contribution >= 4 is 23.0 Å². The molecular formula is C23H23NO6. The second-order valence-electron chi connectivity index (χ2n) is 7.74. The van der Waals surface area contributed by atoms with Crippen molar-refractivity contribution < 1.29 is 23.5 Å². The zero-order chi connectivity index (χ0) is 21.9. The van der Waals surface area contributed by atoms with Crippen LogP contribution in [-0.4, -0.2) is 24.2 Å². The van der Waals surface area contributed by atoms with E-state index < -0.39 is 23.3 Å². The number of amides is 1. The molecule has 1 aromatic heterocycles. The second-order valence-corrected chi connectivity index (χ2v) is 7.74. The van der Waals surface area contributed by atoms with Gasteiger partial charge >= 0.3 is 17.7 Å². The van der Waals surface area contributed by atoms with Gasteiger partial charge in [-0.3, -0.25) is 0 Å². The molecule has 1 heterocycles. The third-order valence-electron chi connectivity index (χ3n) is 4.20. The normalized spacial score (nSPS) is 11.2. The number of hydrogen-bond acceptors (Lipinski definition) is 6. The van der Waals surface area contributed by atoms with Gasteiger partial charge in [0.1, 0.15) is 23.5 Å². The molecule has 7 nitrogen and oxygen atoms in total. The molecule has 1 N–H and O–H groups in total. The molecule has 0 aliphatic rings. The summed E-state index contributed by atoms with van der Waals surface area (Å²) in [4.78, 5) is 35.9. The van der Waals surface area contributed by atoms with E-state index in [9.17, 15) is 14.4 Å². The number of nitrogens with one attached hydrogen (secondary N) is 1. The molecule has 7 heteroatoms. The fourth-order valence-electron chi connectivity index (χ4n) is 2.93. The Morgan fingerprint density at radius 2 is 1.77 bits per heavy atom. The van der Waals surface area contributed by atoms with Gasteiger partial charge in [-0.15, -0.1) is 0 Å². The van der Waals surface area contributed by atoms with Crippen molar-refractivity contribution in [1.29, 1.82) is 0 Å². The number of aryl methyl sites for hydroxylation is 1. The van der Waals surface area contributed by atoms with Crippen molar-refractivity contribution in [1.82, 2.24) is 5.32 Å². The minimum Gasteiger partial charge on any atom is -0.444 e. The van der Waals surface area contributed by atoms with E-state index >= 15 is 0 Å². The molecule has 2 aromatic carbocycles. The zero-order valence-electron chi connectivity index (χ0n) is 17.3. The highest BCUT2D eigenvalue weighted by atomic mass is 16.6. The lowest BCUT2D eigenvalue weighted by Gasteiger charge is -2.19. The standard InChI is InChI=1S/C23H23NO6/c1-14-18(28-20(26)13-24-22(27)30-23(2,3)4)11-10-16-17(12-19(25)29-21(14)16)15-8-6-5-7-9-15/h5-12H,13H2,1-4H3,(H,24,27). The van der Waals surface area contributed by atoms with Crippen LogP contribution < -0.4 is 15.7 Å². The number of esters is 1. The summed E-state index contributed by atoms with van der Waals surface area (Å²) in [5.41, 5.74) is 1.28. The van der Waals surface area contributed by atoms with E-state index in [1.54, 1.807) is 39.8 Å². The van der Waals surface area contributed by atoms with Crippen LogP contribution in [0.15, 0.2) is 57.7 Å². The van der Waals surface area contributed by atoms with Crippen molar-refractivity contribution in [3.8, 4) is 16.9 Å². The van der Waals surface area contributed by atoms with Gasteiger partial charge in [0.05, 0.1) is 0 Å². The second kappa shape index (κ2) is 8.41. The molecule has 3 rings (SSSR count). The van der Waals surface area contributed by atoms with Crippen LogP contribution in [0.4, 0.5) is 4.79 Å². The zero-order valence-corrected chi connectivity index (χ0v) is 17.3. The maximum Gasteiger partial charge on any atom is 0.408 e. The van der Waals surface area contributed by atoms with Gasteiger partial charge < -0.3 is 19.2 Å². The smallest absolute Gasteiger partial charge is 0.408 e. The maximum atomic E-state index is 12.1. The Bertz CT molecular complexity index is 1140. The number of rotatable bonds is 4. The first-order valence-corrected chi connectivity index (χ1v) is 9.44. The van der Waals surface area contributed by atoms with Gasteiger partial charge in [0.25, 0.3) is 0 Å². The summed E-state index contributed by atoms with van der Waals surface area (Å²) in [5.74, 6) is -0.434. The third kappa shape index (κ3) is 5.05. The molecule has 0 saturated heterocycles. The van der Waals surface area contributed by atoms with Crippen molar-refractivity contribution in [2.45, 2.75) is 33.3 Å². The van der Waals surface area contributed by atoms with Crippen molar-refractivity contribution in [2.75, 3.05) is 6.54 Å². The summed E-state index contributed by atoms with van der Waals surface area (Å²) in [6.45, 7) is 6.51. The molecule has 0 radical (unpaired) electrons. The number of alkyl carbamates (subject to hydrolysis) is 1. The Morgan fingerprint density at radius 3 is 2.43 bits per heavy atom. The van der Waals surface area contributed by atoms with Crippen LogP contribution in [0.2, 0.25) is 0 Å². The Balaban J connectivity index is 1.83. The fourth-order valence-corrected chi connectivity index (χ4v) is 2.93. The Labute approximate surface area is 173 Å². The van der Waals surface area contributed by atoms with E-state index in [4.69, 9.17) is 13.9 Å². The molecule has 30 heavy (non-hydrogen) atoms. The Morgan fingerprint density at radius 1 is 1.07 bits per heavy atom. The molecule has 0 saturated carbocycles. The summed E-state index contributed by atoms with van der Waals surface area (Å²) < 4.78 is 15.8. The summed E-state index contributed by atoms with van der Waals surface area (Å²) in [7, 11) is 0. The number of fused-ring (bicyclic) bond motifs is 1. The number of carbonyl (C=O) groups excluding carboxylic acids is 2. The molecule has 0 atom stereocenters.